The Labute approximate surface area is 97.4 Å². The van der Waals surface area contributed by atoms with Gasteiger partial charge in [-0.3, -0.25) is 9.59 Å². The van der Waals surface area contributed by atoms with Crippen molar-refractivity contribution in [2.45, 2.75) is 38.6 Å². The smallest absolute Gasteiger partial charge is 0.240 e. The number of hydrogen-bond acceptors (Lipinski definition) is 3. The summed E-state index contributed by atoms with van der Waals surface area (Å²) in [6.07, 6.45) is 1.50. The van der Waals surface area contributed by atoms with E-state index in [0.717, 1.165) is 0 Å². The molecule has 0 fully saturated rings. The Bertz CT molecular complexity index is 248. The molecule has 0 rings (SSSR count). The first-order valence-corrected chi connectivity index (χ1v) is 5.64. The predicted molar refractivity (Wildman–Crippen MR) is 63.8 cm³/mol. The van der Waals surface area contributed by atoms with Crippen molar-refractivity contribution in [3.63, 3.8) is 0 Å². The Kier molecular flexibility index (Phi) is 6.03. The summed E-state index contributed by atoms with van der Waals surface area (Å²) < 4.78 is 0. The molecule has 0 spiro atoms. The molecule has 5 heteroatoms. The zero-order chi connectivity index (χ0) is 12.8. The van der Waals surface area contributed by atoms with Gasteiger partial charge in [-0.1, -0.05) is 13.8 Å². The molecule has 0 aromatic heterocycles. The van der Waals surface area contributed by atoms with Crippen LogP contribution in [0.25, 0.3) is 0 Å². The number of nitrogens with zero attached hydrogens (tertiary/aromatic N) is 1. The standard InChI is InChI=1S/C11H23N3O2/c1-5-11(12,6-2)10(16)13-8-7-9(15)14(3)4/h5-8,12H2,1-4H3,(H,13,16). The maximum absolute atomic E-state index is 11.7. The maximum Gasteiger partial charge on any atom is 0.240 e. The number of amides is 2. The second-order valence-corrected chi connectivity index (χ2v) is 4.16. The summed E-state index contributed by atoms with van der Waals surface area (Å²) in [6, 6.07) is 0. The fraction of sp³-hybridized carbons (Fsp3) is 0.818. The molecule has 0 aromatic rings. The van der Waals surface area contributed by atoms with Gasteiger partial charge < -0.3 is 16.0 Å². The van der Waals surface area contributed by atoms with Crippen LogP contribution in [0.15, 0.2) is 0 Å². The first-order chi connectivity index (χ1) is 7.37. The fourth-order valence-corrected chi connectivity index (χ4v) is 1.25. The lowest BCUT2D eigenvalue weighted by atomic mass is 9.93. The molecule has 0 saturated carbocycles. The fourth-order valence-electron chi connectivity index (χ4n) is 1.25. The molecule has 3 N–H and O–H groups in total. The van der Waals surface area contributed by atoms with E-state index in [0.29, 0.717) is 25.8 Å². The molecular weight excluding hydrogens is 206 g/mol. The van der Waals surface area contributed by atoms with Crippen molar-refractivity contribution in [3.05, 3.63) is 0 Å². The number of carbonyl (C=O) groups is 2. The van der Waals surface area contributed by atoms with Crippen LogP contribution in [0.5, 0.6) is 0 Å². The van der Waals surface area contributed by atoms with Crippen LogP contribution < -0.4 is 11.1 Å². The second-order valence-electron chi connectivity index (χ2n) is 4.16. The van der Waals surface area contributed by atoms with Crippen LogP contribution in [-0.2, 0) is 9.59 Å². The number of hydrogen-bond donors (Lipinski definition) is 2. The highest BCUT2D eigenvalue weighted by molar-refractivity contribution is 5.86. The number of carbonyl (C=O) groups excluding carboxylic acids is 2. The van der Waals surface area contributed by atoms with Crippen molar-refractivity contribution in [1.29, 1.82) is 0 Å². The highest BCUT2D eigenvalue weighted by Crippen LogP contribution is 2.10. The van der Waals surface area contributed by atoms with E-state index in [-0.39, 0.29) is 11.8 Å². The molecule has 0 aliphatic heterocycles. The van der Waals surface area contributed by atoms with Gasteiger partial charge in [-0.15, -0.1) is 0 Å². The average Bonchev–Trinajstić information content (AvgIpc) is 2.27. The van der Waals surface area contributed by atoms with Gasteiger partial charge in [-0.2, -0.15) is 0 Å². The first-order valence-electron chi connectivity index (χ1n) is 5.64. The third kappa shape index (κ3) is 4.18. The molecule has 0 aromatic carbocycles. The average molecular weight is 229 g/mol. The second kappa shape index (κ2) is 6.48. The molecule has 16 heavy (non-hydrogen) atoms. The van der Waals surface area contributed by atoms with Gasteiger partial charge in [0.05, 0.1) is 5.54 Å². The summed E-state index contributed by atoms with van der Waals surface area (Å²) >= 11 is 0. The van der Waals surface area contributed by atoms with Gasteiger partial charge in [0.2, 0.25) is 11.8 Å². The Morgan fingerprint density at radius 2 is 1.75 bits per heavy atom. The van der Waals surface area contributed by atoms with Gasteiger partial charge in [0.1, 0.15) is 0 Å². The van der Waals surface area contributed by atoms with Crippen LogP contribution in [0.1, 0.15) is 33.1 Å². The van der Waals surface area contributed by atoms with Crippen molar-refractivity contribution in [2.75, 3.05) is 20.6 Å². The molecule has 0 aliphatic carbocycles. The van der Waals surface area contributed by atoms with Gasteiger partial charge in [0.25, 0.3) is 0 Å². The van der Waals surface area contributed by atoms with Crippen LogP contribution in [0, 0.1) is 0 Å². The van der Waals surface area contributed by atoms with E-state index >= 15 is 0 Å². The molecule has 0 aliphatic rings. The lowest BCUT2D eigenvalue weighted by Gasteiger charge is -2.25. The van der Waals surface area contributed by atoms with E-state index in [1.807, 2.05) is 13.8 Å². The molecule has 0 saturated heterocycles. The summed E-state index contributed by atoms with van der Waals surface area (Å²) in [5.74, 6) is -0.181. The lowest BCUT2D eigenvalue weighted by molar-refractivity contribution is -0.129. The minimum atomic E-state index is -0.804. The van der Waals surface area contributed by atoms with Crippen LogP contribution in [0.2, 0.25) is 0 Å². The van der Waals surface area contributed by atoms with E-state index in [2.05, 4.69) is 5.32 Å². The molecule has 5 nitrogen and oxygen atoms in total. The normalized spacial score (nSPS) is 11.1. The first kappa shape index (κ1) is 14.9. The zero-order valence-corrected chi connectivity index (χ0v) is 10.7. The third-order valence-corrected chi connectivity index (χ3v) is 2.84. The quantitative estimate of drug-likeness (QED) is 0.678. The zero-order valence-electron chi connectivity index (χ0n) is 10.7. The maximum atomic E-state index is 11.7. The van der Waals surface area contributed by atoms with Gasteiger partial charge in [-0.25, -0.2) is 0 Å². The van der Waals surface area contributed by atoms with Crippen molar-refractivity contribution >= 4 is 11.8 Å². The summed E-state index contributed by atoms with van der Waals surface area (Å²) in [6.45, 7) is 4.11. The monoisotopic (exact) mass is 229 g/mol. The number of nitrogens with two attached hydrogens (primary N) is 1. The summed E-state index contributed by atoms with van der Waals surface area (Å²) in [5.41, 5.74) is 5.10. The van der Waals surface area contributed by atoms with Crippen molar-refractivity contribution in [3.8, 4) is 0 Å². The third-order valence-electron chi connectivity index (χ3n) is 2.84. The van der Waals surface area contributed by atoms with Crippen molar-refractivity contribution < 1.29 is 9.59 Å². The van der Waals surface area contributed by atoms with Gasteiger partial charge in [-0.05, 0) is 12.8 Å². The highest BCUT2D eigenvalue weighted by atomic mass is 16.2. The summed E-state index contributed by atoms with van der Waals surface area (Å²) in [5, 5.41) is 2.70. The minimum absolute atomic E-state index is 0.00378. The largest absolute Gasteiger partial charge is 0.354 e. The lowest BCUT2D eigenvalue weighted by Crippen LogP contribution is -2.53. The topological polar surface area (TPSA) is 75.4 Å². The number of rotatable bonds is 6. The van der Waals surface area contributed by atoms with Crippen LogP contribution in [0.4, 0.5) is 0 Å². The molecule has 0 radical (unpaired) electrons. The summed E-state index contributed by atoms with van der Waals surface area (Å²) in [4.78, 5) is 24.5. The Morgan fingerprint density at radius 3 is 2.12 bits per heavy atom. The van der Waals surface area contributed by atoms with Crippen molar-refractivity contribution in [2.24, 2.45) is 5.73 Å². The molecule has 0 bridgehead atoms. The van der Waals surface area contributed by atoms with Crippen LogP contribution in [-0.4, -0.2) is 42.9 Å². The predicted octanol–water partition coefficient (Wildman–Crippen LogP) is 0.0984. The highest BCUT2D eigenvalue weighted by Gasteiger charge is 2.29. The van der Waals surface area contributed by atoms with Gasteiger partial charge >= 0.3 is 0 Å². The molecule has 0 unspecified atom stereocenters. The van der Waals surface area contributed by atoms with E-state index in [4.69, 9.17) is 5.73 Å². The van der Waals surface area contributed by atoms with Crippen molar-refractivity contribution in [1.82, 2.24) is 10.2 Å². The SMILES string of the molecule is CCC(N)(CC)C(=O)NCCC(=O)N(C)C. The minimum Gasteiger partial charge on any atom is -0.354 e. The van der Waals surface area contributed by atoms with E-state index in [1.165, 1.54) is 4.90 Å². The molecule has 0 atom stereocenters. The summed E-state index contributed by atoms with van der Waals surface area (Å²) in [7, 11) is 3.38. The molecule has 0 heterocycles. The Morgan fingerprint density at radius 1 is 1.25 bits per heavy atom. The van der Waals surface area contributed by atoms with Crippen LogP contribution >= 0.6 is 0 Å². The van der Waals surface area contributed by atoms with E-state index < -0.39 is 5.54 Å². The molecular formula is C11H23N3O2. The molecule has 94 valence electrons. The van der Waals surface area contributed by atoms with Gasteiger partial charge in [0, 0.05) is 27.1 Å². The number of nitrogens with one attached hydrogen (secondary N) is 1. The Hall–Kier alpha value is -1.10. The van der Waals surface area contributed by atoms with E-state index in [1.54, 1.807) is 14.1 Å². The van der Waals surface area contributed by atoms with Gasteiger partial charge in [0.15, 0.2) is 0 Å². The van der Waals surface area contributed by atoms with Crippen LogP contribution in [0.3, 0.4) is 0 Å². The van der Waals surface area contributed by atoms with E-state index in [9.17, 15) is 9.59 Å². The Balaban J connectivity index is 4.03. The molecule has 2 amide bonds.